The fourth-order valence-electron chi connectivity index (χ4n) is 3.28. The Morgan fingerprint density at radius 1 is 0.935 bits per heavy atom. The van der Waals surface area contributed by atoms with E-state index in [1.807, 2.05) is 0 Å². The molecule has 0 saturated heterocycles. The molecule has 2 aromatic carbocycles. The van der Waals surface area contributed by atoms with Crippen molar-refractivity contribution in [2.24, 2.45) is 11.8 Å². The van der Waals surface area contributed by atoms with E-state index in [-0.39, 0.29) is 32.7 Å². The normalized spacial score (nSPS) is 18.8. The van der Waals surface area contributed by atoms with Gasteiger partial charge in [0.2, 0.25) is 0 Å². The Balaban J connectivity index is 0.00000256. The molecular formula is C22H24F6O3. The van der Waals surface area contributed by atoms with Crippen molar-refractivity contribution >= 4 is 5.97 Å². The van der Waals surface area contributed by atoms with E-state index in [1.165, 1.54) is 0 Å². The van der Waals surface area contributed by atoms with Crippen molar-refractivity contribution in [3.8, 4) is 11.5 Å². The van der Waals surface area contributed by atoms with Crippen molar-refractivity contribution in [3.05, 3.63) is 59.2 Å². The second-order valence-corrected chi connectivity index (χ2v) is 7.34. The Morgan fingerprint density at radius 2 is 1.48 bits per heavy atom. The summed E-state index contributed by atoms with van der Waals surface area (Å²) in [5.74, 6) is -8.45. The molecule has 0 heterocycles. The standard InChI is InChI=1S/C21H18F6O3.CH4.H2/c1-11-2-4-12(5-3-11)20(28)29-13-6-7-15(16(22)8-13)21(26,27)30-14-9-17(23)19(25)18(24)10-14;;/h6-12H,2-5H2,1H3;1H4;1H. The molecule has 3 nitrogen and oxygen atoms in total. The van der Waals surface area contributed by atoms with E-state index >= 15 is 0 Å². The van der Waals surface area contributed by atoms with Crippen LogP contribution in [0.3, 0.4) is 0 Å². The smallest absolute Gasteiger partial charge is 0.429 e. The van der Waals surface area contributed by atoms with Gasteiger partial charge >= 0.3 is 12.1 Å². The molecule has 31 heavy (non-hydrogen) atoms. The fourth-order valence-corrected chi connectivity index (χ4v) is 3.28. The summed E-state index contributed by atoms with van der Waals surface area (Å²) < 4.78 is 91.4. The van der Waals surface area contributed by atoms with E-state index in [4.69, 9.17) is 4.74 Å². The number of ether oxygens (including phenoxy) is 2. The summed E-state index contributed by atoms with van der Waals surface area (Å²) in [6.07, 6.45) is -1.33. The number of rotatable bonds is 5. The Hall–Kier alpha value is -2.71. The minimum absolute atomic E-state index is 0. The molecule has 3 rings (SSSR count). The Kier molecular flexibility index (Phi) is 7.62. The van der Waals surface area contributed by atoms with Crippen molar-refractivity contribution < 1.29 is 42.0 Å². The second kappa shape index (κ2) is 9.62. The van der Waals surface area contributed by atoms with E-state index in [2.05, 4.69) is 11.7 Å². The monoisotopic (exact) mass is 450 g/mol. The molecule has 0 N–H and O–H groups in total. The largest absolute Gasteiger partial charge is 0.429 e. The van der Waals surface area contributed by atoms with Crippen LogP contribution in [0.15, 0.2) is 30.3 Å². The fraction of sp³-hybridized carbons (Fsp3) is 0.409. The molecule has 1 aliphatic rings. The van der Waals surface area contributed by atoms with Gasteiger partial charge in [0.15, 0.2) is 17.5 Å². The van der Waals surface area contributed by atoms with Crippen LogP contribution in [0.25, 0.3) is 0 Å². The first-order valence-corrected chi connectivity index (χ1v) is 9.30. The number of halogens is 6. The maximum Gasteiger partial charge on any atom is 0.429 e. The van der Waals surface area contributed by atoms with Gasteiger partial charge < -0.3 is 9.47 Å². The van der Waals surface area contributed by atoms with Crippen molar-refractivity contribution in [2.45, 2.75) is 46.1 Å². The molecule has 0 aromatic heterocycles. The Morgan fingerprint density at radius 3 is 2.03 bits per heavy atom. The van der Waals surface area contributed by atoms with Crippen LogP contribution >= 0.6 is 0 Å². The van der Waals surface area contributed by atoms with Gasteiger partial charge in [-0.15, -0.1) is 0 Å². The summed E-state index contributed by atoms with van der Waals surface area (Å²) in [4.78, 5) is 12.2. The van der Waals surface area contributed by atoms with Crippen molar-refractivity contribution in [1.82, 2.24) is 0 Å². The first-order chi connectivity index (χ1) is 14.1. The number of carbonyl (C=O) groups is 1. The van der Waals surface area contributed by atoms with Gasteiger partial charge in [0, 0.05) is 19.6 Å². The zero-order valence-electron chi connectivity index (χ0n) is 15.9. The third-order valence-electron chi connectivity index (χ3n) is 5.03. The van der Waals surface area contributed by atoms with Crippen LogP contribution in [0.4, 0.5) is 26.3 Å². The number of carbonyl (C=O) groups excluding carboxylic acids is 1. The topological polar surface area (TPSA) is 35.5 Å². The van der Waals surface area contributed by atoms with Gasteiger partial charge in [-0.1, -0.05) is 14.4 Å². The highest BCUT2D eigenvalue weighted by Gasteiger charge is 2.38. The highest BCUT2D eigenvalue weighted by molar-refractivity contribution is 5.75. The van der Waals surface area contributed by atoms with Crippen molar-refractivity contribution in [2.75, 3.05) is 0 Å². The highest BCUT2D eigenvalue weighted by atomic mass is 19.3. The summed E-state index contributed by atoms with van der Waals surface area (Å²) in [6.45, 7) is 2.08. The lowest BCUT2D eigenvalue weighted by molar-refractivity contribution is -0.187. The van der Waals surface area contributed by atoms with Crippen LogP contribution in [0.2, 0.25) is 0 Å². The van der Waals surface area contributed by atoms with Gasteiger partial charge in [-0.2, -0.15) is 8.78 Å². The first kappa shape index (κ1) is 24.6. The average molecular weight is 450 g/mol. The lowest BCUT2D eigenvalue weighted by atomic mass is 9.83. The number of benzene rings is 2. The predicted octanol–water partition coefficient (Wildman–Crippen LogP) is 6.99. The molecule has 1 fully saturated rings. The van der Waals surface area contributed by atoms with Crippen LogP contribution < -0.4 is 9.47 Å². The molecule has 0 atom stereocenters. The molecule has 0 spiro atoms. The zero-order chi connectivity index (χ0) is 22.1. The maximum absolute atomic E-state index is 14.3. The molecule has 1 aliphatic carbocycles. The Bertz CT molecular complexity index is 922. The predicted molar refractivity (Wildman–Crippen MR) is 103 cm³/mol. The van der Waals surface area contributed by atoms with Gasteiger partial charge in [-0.3, -0.25) is 4.79 Å². The van der Waals surface area contributed by atoms with Crippen molar-refractivity contribution in [3.63, 3.8) is 0 Å². The molecule has 172 valence electrons. The van der Waals surface area contributed by atoms with Gasteiger partial charge in [0.25, 0.3) is 0 Å². The minimum atomic E-state index is -4.33. The van der Waals surface area contributed by atoms with Crippen LogP contribution in [0.5, 0.6) is 11.5 Å². The van der Waals surface area contributed by atoms with Crippen LogP contribution in [-0.2, 0) is 10.9 Å². The molecule has 9 heteroatoms. The molecule has 0 bridgehead atoms. The van der Waals surface area contributed by atoms with Gasteiger partial charge in [-0.05, 0) is 43.7 Å². The SMILES string of the molecule is C.CC1CCC(C(=O)Oc2ccc(C(F)(F)Oc3cc(F)c(F)c(F)c3)c(F)c2)CC1.[HH]. The van der Waals surface area contributed by atoms with Crippen LogP contribution in [-0.4, -0.2) is 5.97 Å². The number of hydrogen-bond acceptors (Lipinski definition) is 3. The number of esters is 1. The average Bonchev–Trinajstić information content (AvgIpc) is 2.66. The van der Waals surface area contributed by atoms with E-state index in [1.54, 1.807) is 0 Å². The van der Waals surface area contributed by atoms with Crippen LogP contribution in [0, 0.1) is 35.1 Å². The van der Waals surface area contributed by atoms with Gasteiger partial charge in [-0.25, -0.2) is 17.6 Å². The highest BCUT2D eigenvalue weighted by Crippen LogP contribution is 2.36. The zero-order valence-corrected chi connectivity index (χ0v) is 15.9. The number of hydrogen-bond donors (Lipinski definition) is 0. The molecule has 0 aliphatic heterocycles. The minimum Gasteiger partial charge on any atom is -0.429 e. The molecule has 0 radical (unpaired) electrons. The second-order valence-electron chi connectivity index (χ2n) is 7.34. The molecule has 0 unspecified atom stereocenters. The third kappa shape index (κ3) is 5.71. The van der Waals surface area contributed by atoms with E-state index < -0.39 is 46.7 Å². The Labute approximate surface area is 177 Å². The first-order valence-electron chi connectivity index (χ1n) is 9.30. The molecule has 2 aromatic rings. The molecule has 0 amide bonds. The summed E-state index contributed by atoms with van der Waals surface area (Å²) in [5, 5.41) is 0. The summed E-state index contributed by atoms with van der Waals surface area (Å²) in [6, 6.07) is 2.63. The third-order valence-corrected chi connectivity index (χ3v) is 5.03. The molecular weight excluding hydrogens is 426 g/mol. The van der Waals surface area contributed by atoms with Crippen molar-refractivity contribution in [1.29, 1.82) is 0 Å². The maximum atomic E-state index is 14.3. The molecule has 1 saturated carbocycles. The quantitative estimate of drug-likeness (QED) is 0.213. The lowest BCUT2D eigenvalue weighted by Crippen LogP contribution is -2.25. The lowest BCUT2D eigenvalue weighted by Gasteiger charge is -2.24. The summed E-state index contributed by atoms with van der Waals surface area (Å²) in [7, 11) is 0. The van der Waals surface area contributed by atoms with Crippen LogP contribution in [0.1, 0.15) is 47.0 Å². The van der Waals surface area contributed by atoms with Gasteiger partial charge in [0.1, 0.15) is 22.9 Å². The van der Waals surface area contributed by atoms with E-state index in [9.17, 15) is 31.1 Å². The van der Waals surface area contributed by atoms with E-state index in [0.29, 0.717) is 30.9 Å². The number of alkyl halides is 2. The van der Waals surface area contributed by atoms with Gasteiger partial charge in [0.05, 0.1) is 5.92 Å². The summed E-state index contributed by atoms with van der Waals surface area (Å²) >= 11 is 0. The summed E-state index contributed by atoms with van der Waals surface area (Å²) in [5.41, 5.74) is -1.25. The van der Waals surface area contributed by atoms with E-state index in [0.717, 1.165) is 18.9 Å².